The third kappa shape index (κ3) is 10.9. The minimum absolute atomic E-state index is 0. The summed E-state index contributed by atoms with van der Waals surface area (Å²) in [5, 5.41) is 2.84. The Hall–Kier alpha value is -1.23. The Morgan fingerprint density at radius 2 is 1.75 bits per heavy atom. The molecule has 1 fully saturated rings. The molecule has 0 unspecified atom stereocenters. The van der Waals surface area contributed by atoms with Gasteiger partial charge in [-0.3, -0.25) is 4.99 Å². The van der Waals surface area contributed by atoms with E-state index in [0.29, 0.717) is 18.3 Å². The average molecular weight is 515 g/mol. The predicted molar refractivity (Wildman–Crippen MR) is 115 cm³/mol. The normalized spacial score (nSPS) is 15.8. The number of rotatable bonds is 9. The van der Waals surface area contributed by atoms with Crippen LogP contribution in [0, 0.1) is 0 Å². The van der Waals surface area contributed by atoms with Crippen molar-refractivity contribution in [3.05, 3.63) is 24.3 Å². The van der Waals surface area contributed by atoms with Crippen LogP contribution in [-0.4, -0.2) is 31.6 Å². The van der Waals surface area contributed by atoms with Gasteiger partial charge in [-0.05, 0) is 56.4 Å². The maximum Gasteiger partial charge on any atom is 0.573 e. The van der Waals surface area contributed by atoms with E-state index in [4.69, 9.17) is 10.5 Å². The number of nitrogens with two attached hydrogens (primary N) is 1. The van der Waals surface area contributed by atoms with Crippen LogP contribution in [0.4, 0.5) is 18.9 Å². The molecule has 0 amide bonds. The highest BCUT2D eigenvalue weighted by Crippen LogP contribution is 2.24. The van der Waals surface area contributed by atoms with Crippen LogP contribution in [0.2, 0.25) is 0 Å². The van der Waals surface area contributed by atoms with E-state index >= 15 is 0 Å². The summed E-state index contributed by atoms with van der Waals surface area (Å²) in [6, 6.07) is 5.34. The van der Waals surface area contributed by atoms with E-state index in [1.54, 1.807) is 0 Å². The van der Waals surface area contributed by atoms with Crippen molar-refractivity contribution in [2.24, 2.45) is 10.7 Å². The summed E-state index contributed by atoms with van der Waals surface area (Å²) in [5.41, 5.74) is 6.33. The van der Waals surface area contributed by atoms with E-state index in [1.807, 2.05) is 0 Å². The van der Waals surface area contributed by atoms with Crippen molar-refractivity contribution in [3.63, 3.8) is 0 Å². The first kappa shape index (κ1) is 24.8. The minimum atomic E-state index is -4.70. The highest BCUT2D eigenvalue weighted by Gasteiger charge is 2.30. The van der Waals surface area contributed by atoms with Crippen LogP contribution in [0.3, 0.4) is 0 Å². The third-order valence-electron chi connectivity index (χ3n) is 4.35. The van der Waals surface area contributed by atoms with Gasteiger partial charge in [0.25, 0.3) is 0 Å². The molecule has 3 N–H and O–H groups in total. The van der Waals surface area contributed by atoms with Crippen molar-refractivity contribution in [3.8, 4) is 5.75 Å². The van der Waals surface area contributed by atoms with E-state index in [0.717, 1.165) is 25.9 Å². The summed E-state index contributed by atoms with van der Waals surface area (Å²) < 4.78 is 46.0. The zero-order valence-electron chi connectivity index (χ0n) is 15.8. The monoisotopic (exact) mass is 515 g/mol. The number of ether oxygens (including phenoxy) is 2. The van der Waals surface area contributed by atoms with Gasteiger partial charge in [0.1, 0.15) is 5.75 Å². The van der Waals surface area contributed by atoms with Gasteiger partial charge >= 0.3 is 6.36 Å². The smallest absolute Gasteiger partial charge is 0.406 e. The summed E-state index contributed by atoms with van der Waals surface area (Å²) in [4.78, 5) is 4.22. The standard InChI is InChI=1S/C19H28F3N3O2.HI/c20-19(21,22)27-17-11-9-15(10-12-17)25-18(23)24-13-5-2-6-14-26-16-7-3-1-4-8-16;/h9-12,16H,1-8,13-14H2,(H3,23,24,25);1H. The summed E-state index contributed by atoms with van der Waals surface area (Å²) in [6.45, 7) is 1.39. The highest BCUT2D eigenvalue weighted by molar-refractivity contribution is 14.0. The molecule has 5 nitrogen and oxygen atoms in total. The Bertz CT molecular complexity index is 577. The fourth-order valence-electron chi connectivity index (χ4n) is 3.00. The number of unbranched alkanes of at least 4 members (excludes halogenated alkanes) is 2. The van der Waals surface area contributed by atoms with E-state index in [-0.39, 0.29) is 35.7 Å². The molecule has 160 valence electrons. The van der Waals surface area contributed by atoms with Gasteiger partial charge in [-0.25, -0.2) is 0 Å². The number of hydrogen-bond acceptors (Lipinski definition) is 3. The topological polar surface area (TPSA) is 68.9 Å². The summed E-state index contributed by atoms with van der Waals surface area (Å²) in [6.07, 6.45) is 4.97. The quantitative estimate of drug-likeness (QED) is 0.199. The molecule has 1 aliphatic rings. The lowest BCUT2D eigenvalue weighted by Gasteiger charge is -2.21. The molecule has 28 heavy (non-hydrogen) atoms. The largest absolute Gasteiger partial charge is 0.573 e. The third-order valence-corrected chi connectivity index (χ3v) is 4.35. The second-order valence-corrected chi connectivity index (χ2v) is 6.66. The molecule has 1 saturated carbocycles. The maximum atomic E-state index is 12.1. The number of anilines is 1. The van der Waals surface area contributed by atoms with Crippen molar-refractivity contribution in [1.29, 1.82) is 0 Å². The Balaban J connectivity index is 0.00000392. The average Bonchev–Trinajstić information content (AvgIpc) is 2.62. The first-order valence-electron chi connectivity index (χ1n) is 9.47. The first-order valence-corrected chi connectivity index (χ1v) is 9.47. The van der Waals surface area contributed by atoms with Gasteiger partial charge < -0.3 is 20.5 Å². The van der Waals surface area contributed by atoms with Crippen LogP contribution in [-0.2, 0) is 4.74 Å². The molecule has 1 aromatic carbocycles. The zero-order valence-corrected chi connectivity index (χ0v) is 18.2. The second kappa shape index (κ2) is 13.1. The molecule has 1 aromatic rings. The Labute approximate surface area is 181 Å². The number of guanidine groups is 1. The molecule has 0 aromatic heterocycles. The zero-order chi connectivity index (χ0) is 19.5. The van der Waals surface area contributed by atoms with E-state index in [2.05, 4.69) is 15.0 Å². The van der Waals surface area contributed by atoms with Gasteiger partial charge in [0, 0.05) is 18.8 Å². The van der Waals surface area contributed by atoms with Gasteiger partial charge in [0.2, 0.25) is 0 Å². The highest BCUT2D eigenvalue weighted by atomic mass is 127. The van der Waals surface area contributed by atoms with Crippen LogP contribution in [0.15, 0.2) is 29.3 Å². The lowest BCUT2D eigenvalue weighted by molar-refractivity contribution is -0.274. The molecule has 0 spiro atoms. The number of benzene rings is 1. The number of nitrogens with zero attached hydrogens (tertiary/aromatic N) is 1. The predicted octanol–water partition coefficient (Wildman–Crippen LogP) is 5.45. The van der Waals surface area contributed by atoms with Crippen LogP contribution in [0.5, 0.6) is 5.75 Å². The maximum absolute atomic E-state index is 12.1. The van der Waals surface area contributed by atoms with Crippen LogP contribution >= 0.6 is 24.0 Å². The molecule has 0 aliphatic heterocycles. The summed E-state index contributed by atoms with van der Waals surface area (Å²) in [7, 11) is 0. The molecular weight excluding hydrogens is 486 g/mol. The van der Waals surface area contributed by atoms with Gasteiger partial charge in [-0.1, -0.05) is 19.3 Å². The fraction of sp³-hybridized carbons (Fsp3) is 0.632. The minimum Gasteiger partial charge on any atom is -0.406 e. The molecule has 0 radical (unpaired) electrons. The van der Waals surface area contributed by atoms with Gasteiger partial charge in [0.05, 0.1) is 6.10 Å². The van der Waals surface area contributed by atoms with Crippen molar-refractivity contribution < 1.29 is 22.6 Å². The van der Waals surface area contributed by atoms with Crippen LogP contribution in [0.25, 0.3) is 0 Å². The van der Waals surface area contributed by atoms with Gasteiger partial charge in [-0.2, -0.15) is 0 Å². The van der Waals surface area contributed by atoms with Crippen molar-refractivity contribution >= 4 is 35.6 Å². The van der Waals surface area contributed by atoms with E-state index in [9.17, 15) is 13.2 Å². The molecule has 9 heteroatoms. The summed E-state index contributed by atoms with van der Waals surface area (Å²) >= 11 is 0. The number of alkyl halides is 3. The van der Waals surface area contributed by atoms with Crippen LogP contribution in [0.1, 0.15) is 51.4 Å². The molecule has 0 heterocycles. The van der Waals surface area contributed by atoms with Crippen molar-refractivity contribution in [2.75, 3.05) is 18.5 Å². The summed E-state index contributed by atoms with van der Waals surface area (Å²) in [5.74, 6) is -0.0445. The van der Waals surface area contributed by atoms with Crippen LogP contribution < -0.4 is 15.8 Å². The molecule has 1 aliphatic carbocycles. The van der Waals surface area contributed by atoms with Crippen molar-refractivity contribution in [2.45, 2.75) is 63.8 Å². The lowest BCUT2D eigenvalue weighted by Crippen LogP contribution is -2.23. The van der Waals surface area contributed by atoms with E-state index in [1.165, 1.54) is 56.4 Å². The Kier molecular flexibility index (Phi) is 11.6. The lowest BCUT2D eigenvalue weighted by atomic mass is 9.98. The first-order chi connectivity index (χ1) is 12.9. The van der Waals surface area contributed by atoms with Gasteiger partial charge in [0.15, 0.2) is 5.96 Å². The number of nitrogens with one attached hydrogen (secondary N) is 1. The Morgan fingerprint density at radius 3 is 2.39 bits per heavy atom. The van der Waals surface area contributed by atoms with Gasteiger partial charge in [-0.15, -0.1) is 37.1 Å². The molecular formula is C19H29F3IN3O2. The molecule has 0 saturated heterocycles. The molecule has 2 rings (SSSR count). The number of halogens is 4. The molecule has 0 bridgehead atoms. The number of aliphatic imine (C=N–C) groups is 1. The van der Waals surface area contributed by atoms with E-state index < -0.39 is 6.36 Å². The second-order valence-electron chi connectivity index (χ2n) is 6.66. The van der Waals surface area contributed by atoms with Crippen molar-refractivity contribution in [1.82, 2.24) is 0 Å². The SMILES string of the molecule is I.NC(=NCCCCCOC1CCCCC1)Nc1ccc(OC(F)(F)F)cc1. The number of hydrogen-bond donors (Lipinski definition) is 2. The fourth-order valence-corrected chi connectivity index (χ4v) is 3.00. The Morgan fingerprint density at radius 1 is 1.07 bits per heavy atom. The molecule has 0 atom stereocenters.